The average Bonchev–Trinajstić information content (AvgIpc) is 2.95. The molecule has 0 spiro atoms. The van der Waals surface area contributed by atoms with Crippen LogP contribution >= 0.6 is 23.2 Å². The highest BCUT2D eigenvalue weighted by molar-refractivity contribution is 6.42. The largest absolute Gasteiger partial charge is 0.508 e. The number of fused-ring (bicyclic) bond motifs is 5. The van der Waals surface area contributed by atoms with Gasteiger partial charge in [0.05, 0.1) is 15.6 Å². The molecule has 2 aromatic rings. The Morgan fingerprint density at radius 3 is 2.62 bits per heavy atom. The van der Waals surface area contributed by atoms with Gasteiger partial charge in [0.15, 0.2) is 0 Å². The van der Waals surface area contributed by atoms with Gasteiger partial charge in [0, 0.05) is 6.42 Å². The van der Waals surface area contributed by atoms with Crippen LogP contribution in [0.2, 0.25) is 10.0 Å². The van der Waals surface area contributed by atoms with Crippen LogP contribution in [0.25, 0.3) is 0 Å². The third-order valence-corrected chi connectivity index (χ3v) is 9.25. The first-order valence-electron chi connectivity index (χ1n) is 10.8. The standard InChI is InChI=1S/C25H28Cl2O2/c1-24-10-8-19-18-6-4-17(28)13-16(18)3-5-20(19)21(24)9-11-25(24,29)14-15-2-7-22(26)23(27)12-15/h2,4,6-7,12-13,19-21,28-29H,3,5,8-11,14H2,1H3/t19-,20-,21+,24+,25-/m1/s1. The topological polar surface area (TPSA) is 40.5 Å². The minimum absolute atomic E-state index is 0.0747. The molecule has 0 saturated heterocycles. The molecule has 29 heavy (non-hydrogen) atoms. The van der Waals surface area contributed by atoms with Crippen LogP contribution in [0.3, 0.4) is 0 Å². The molecule has 4 heteroatoms. The summed E-state index contributed by atoms with van der Waals surface area (Å²) < 4.78 is 0. The van der Waals surface area contributed by atoms with Crippen molar-refractivity contribution in [3.05, 3.63) is 63.1 Å². The molecule has 2 saturated carbocycles. The van der Waals surface area contributed by atoms with Crippen LogP contribution in [0.5, 0.6) is 5.75 Å². The molecule has 3 aliphatic carbocycles. The number of hydrogen-bond donors (Lipinski definition) is 2. The van der Waals surface area contributed by atoms with Crippen molar-refractivity contribution in [2.75, 3.05) is 0 Å². The Labute approximate surface area is 182 Å². The van der Waals surface area contributed by atoms with Crippen LogP contribution in [-0.2, 0) is 12.8 Å². The average molecular weight is 431 g/mol. The van der Waals surface area contributed by atoms with E-state index in [0.29, 0.717) is 40.0 Å². The number of phenols is 1. The number of phenolic OH excluding ortho intramolecular Hbond substituents is 1. The summed E-state index contributed by atoms with van der Waals surface area (Å²) in [7, 11) is 0. The molecule has 2 aromatic carbocycles. The Morgan fingerprint density at radius 1 is 1.00 bits per heavy atom. The summed E-state index contributed by atoms with van der Waals surface area (Å²) in [5.41, 5.74) is 3.04. The second-order valence-electron chi connectivity index (χ2n) is 9.75. The third-order valence-electron chi connectivity index (χ3n) is 8.51. The van der Waals surface area contributed by atoms with E-state index >= 15 is 0 Å². The lowest BCUT2D eigenvalue weighted by molar-refractivity contribution is -0.102. The lowest BCUT2D eigenvalue weighted by Gasteiger charge is -2.53. The van der Waals surface area contributed by atoms with E-state index in [1.807, 2.05) is 30.3 Å². The van der Waals surface area contributed by atoms with Crippen LogP contribution in [0.1, 0.15) is 61.6 Å². The summed E-state index contributed by atoms with van der Waals surface area (Å²) in [5.74, 6) is 2.09. The SMILES string of the molecule is C[C@]12CC[C@@H]3c4ccc(O)cc4CC[C@H]3[C@@H]1CC[C@@]2(O)Cc1ccc(Cl)c(Cl)c1. The first kappa shape index (κ1) is 19.7. The second kappa shape index (κ2) is 6.90. The van der Waals surface area contributed by atoms with Crippen molar-refractivity contribution in [2.24, 2.45) is 17.3 Å². The summed E-state index contributed by atoms with van der Waals surface area (Å²) in [5, 5.41) is 22.9. The van der Waals surface area contributed by atoms with E-state index in [0.717, 1.165) is 44.1 Å². The summed E-state index contributed by atoms with van der Waals surface area (Å²) in [6, 6.07) is 11.7. The van der Waals surface area contributed by atoms with E-state index in [1.165, 1.54) is 11.1 Å². The molecule has 0 aromatic heterocycles. The van der Waals surface area contributed by atoms with Gasteiger partial charge in [0.25, 0.3) is 0 Å². The van der Waals surface area contributed by atoms with Crippen LogP contribution < -0.4 is 0 Å². The molecule has 0 amide bonds. The maximum Gasteiger partial charge on any atom is 0.115 e. The molecule has 5 rings (SSSR count). The monoisotopic (exact) mass is 430 g/mol. The minimum atomic E-state index is -0.699. The van der Waals surface area contributed by atoms with E-state index in [1.54, 1.807) is 0 Å². The zero-order valence-corrected chi connectivity index (χ0v) is 18.3. The molecule has 0 aliphatic heterocycles. The molecule has 3 aliphatic rings. The molecule has 0 heterocycles. The fourth-order valence-corrected chi connectivity index (χ4v) is 7.28. The molecule has 154 valence electrons. The Balaban J connectivity index is 1.44. The Hall–Kier alpha value is -1.22. The quantitative estimate of drug-likeness (QED) is 0.568. The van der Waals surface area contributed by atoms with Crippen molar-refractivity contribution in [3.8, 4) is 5.75 Å². The Morgan fingerprint density at radius 2 is 1.83 bits per heavy atom. The van der Waals surface area contributed by atoms with Crippen LogP contribution in [-0.4, -0.2) is 15.8 Å². The highest BCUT2D eigenvalue weighted by atomic mass is 35.5. The van der Waals surface area contributed by atoms with Gasteiger partial charge in [-0.1, -0.05) is 42.3 Å². The normalized spacial score (nSPS) is 35.7. The summed E-state index contributed by atoms with van der Waals surface area (Å²) in [6.45, 7) is 2.32. The highest BCUT2D eigenvalue weighted by Gasteiger charge is 2.61. The first-order chi connectivity index (χ1) is 13.8. The zero-order valence-electron chi connectivity index (χ0n) is 16.8. The molecule has 2 N–H and O–H groups in total. The van der Waals surface area contributed by atoms with Crippen LogP contribution in [0.4, 0.5) is 0 Å². The molecular weight excluding hydrogens is 403 g/mol. The lowest BCUT2D eigenvalue weighted by atomic mass is 9.53. The minimum Gasteiger partial charge on any atom is -0.508 e. The third kappa shape index (κ3) is 3.02. The van der Waals surface area contributed by atoms with E-state index in [4.69, 9.17) is 23.2 Å². The Bertz CT molecular complexity index is 958. The smallest absolute Gasteiger partial charge is 0.115 e. The molecule has 5 atom stereocenters. The number of benzene rings is 2. The van der Waals surface area contributed by atoms with E-state index < -0.39 is 5.60 Å². The van der Waals surface area contributed by atoms with E-state index in [9.17, 15) is 10.2 Å². The van der Waals surface area contributed by atoms with Crippen molar-refractivity contribution < 1.29 is 10.2 Å². The predicted molar refractivity (Wildman–Crippen MR) is 118 cm³/mol. The summed E-state index contributed by atoms with van der Waals surface area (Å²) in [4.78, 5) is 0. The number of halogens is 2. The van der Waals surface area contributed by atoms with E-state index in [-0.39, 0.29) is 5.41 Å². The van der Waals surface area contributed by atoms with Crippen LogP contribution in [0.15, 0.2) is 36.4 Å². The van der Waals surface area contributed by atoms with Gasteiger partial charge in [-0.25, -0.2) is 0 Å². The van der Waals surface area contributed by atoms with Gasteiger partial charge in [0.1, 0.15) is 5.75 Å². The van der Waals surface area contributed by atoms with Crippen LogP contribution in [0, 0.1) is 17.3 Å². The Kier molecular flexibility index (Phi) is 4.70. The summed E-state index contributed by atoms with van der Waals surface area (Å²) >= 11 is 12.3. The maximum absolute atomic E-state index is 11.9. The number of hydrogen-bond acceptors (Lipinski definition) is 2. The first-order valence-corrected chi connectivity index (χ1v) is 11.5. The van der Waals surface area contributed by atoms with Gasteiger partial charge in [-0.15, -0.1) is 0 Å². The van der Waals surface area contributed by atoms with Gasteiger partial charge in [-0.2, -0.15) is 0 Å². The van der Waals surface area contributed by atoms with Gasteiger partial charge >= 0.3 is 0 Å². The van der Waals surface area contributed by atoms with Crippen molar-refractivity contribution in [2.45, 2.75) is 63.4 Å². The van der Waals surface area contributed by atoms with Crippen molar-refractivity contribution in [1.29, 1.82) is 0 Å². The molecule has 2 nitrogen and oxygen atoms in total. The maximum atomic E-state index is 11.9. The van der Waals surface area contributed by atoms with Crippen molar-refractivity contribution in [1.82, 2.24) is 0 Å². The fraction of sp³-hybridized carbons (Fsp3) is 0.520. The molecule has 2 fully saturated rings. The van der Waals surface area contributed by atoms with Crippen molar-refractivity contribution >= 4 is 23.2 Å². The number of aromatic hydroxyl groups is 1. The number of aliphatic hydroxyl groups is 1. The van der Waals surface area contributed by atoms with Gasteiger partial charge in [0.2, 0.25) is 0 Å². The second-order valence-corrected chi connectivity index (χ2v) is 10.6. The van der Waals surface area contributed by atoms with E-state index in [2.05, 4.69) is 13.0 Å². The molecule has 0 bridgehead atoms. The molecular formula is C25H28Cl2O2. The zero-order chi connectivity index (χ0) is 20.4. The molecule has 0 radical (unpaired) electrons. The lowest BCUT2D eigenvalue weighted by Crippen LogP contribution is -2.51. The predicted octanol–water partition coefficient (Wildman–Crippen LogP) is 6.53. The van der Waals surface area contributed by atoms with Gasteiger partial charge in [-0.05, 0) is 103 Å². The van der Waals surface area contributed by atoms with Gasteiger partial charge in [-0.3, -0.25) is 0 Å². The van der Waals surface area contributed by atoms with Crippen molar-refractivity contribution in [3.63, 3.8) is 0 Å². The summed E-state index contributed by atoms with van der Waals surface area (Å²) in [6.07, 6.45) is 6.91. The fourth-order valence-electron chi connectivity index (χ4n) is 6.96. The number of aryl methyl sites for hydroxylation is 1. The van der Waals surface area contributed by atoms with Gasteiger partial charge < -0.3 is 10.2 Å². The number of rotatable bonds is 2. The highest BCUT2D eigenvalue weighted by Crippen LogP contribution is 2.64. The molecule has 0 unspecified atom stereocenters.